The molecule has 1 aromatic carbocycles. The summed E-state index contributed by atoms with van der Waals surface area (Å²) in [7, 11) is 0. The number of hydrogen-bond acceptors (Lipinski definition) is 5. The van der Waals surface area contributed by atoms with E-state index in [1.165, 1.54) is 30.2 Å². The van der Waals surface area contributed by atoms with E-state index in [0.717, 1.165) is 23.9 Å². The molecule has 0 aliphatic carbocycles. The minimum atomic E-state index is -0.00869. The molecule has 8 heteroatoms. The van der Waals surface area contributed by atoms with Crippen LogP contribution < -0.4 is 5.32 Å². The molecule has 0 radical (unpaired) electrons. The summed E-state index contributed by atoms with van der Waals surface area (Å²) in [4.78, 5) is 18.8. The van der Waals surface area contributed by atoms with E-state index in [2.05, 4.69) is 25.4 Å². The van der Waals surface area contributed by atoms with E-state index in [4.69, 9.17) is 11.6 Å². The fraction of sp³-hybridized carbons (Fsp3) is 0.471. The van der Waals surface area contributed by atoms with E-state index in [9.17, 15) is 4.79 Å². The molecule has 1 saturated heterocycles. The summed E-state index contributed by atoms with van der Waals surface area (Å²) in [6.07, 6.45) is 2.41. The molecule has 1 aromatic heterocycles. The number of carbonyl (C=O) groups excluding carboxylic acids is 1. The summed E-state index contributed by atoms with van der Waals surface area (Å²) in [6, 6.07) is 8.08. The Labute approximate surface area is 156 Å². The van der Waals surface area contributed by atoms with Crippen molar-refractivity contribution in [2.75, 3.05) is 25.4 Å². The van der Waals surface area contributed by atoms with Crippen molar-refractivity contribution in [2.45, 2.75) is 31.0 Å². The maximum atomic E-state index is 12.2. The molecule has 3 rings (SSSR count). The molecule has 1 aliphatic heterocycles. The Balaban J connectivity index is 1.56. The fourth-order valence-electron chi connectivity index (χ4n) is 2.97. The average Bonchev–Trinajstić information content (AvgIpc) is 3.27. The van der Waals surface area contributed by atoms with E-state index in [1.54, 1.807) is 0 Å². The number of aromatic nitrogens is 3. The molecule has 6 nitrogen and oxygen atoms in total. The van der Waals surface area contributed by atoms with E-state index in [0.29, 0.717) is 17.5 Å². The maximum Gasteiger partial charge on any atom is 0.230 e. The summed E-state index contributed by atoms with van der Waals surface area (Å²) >= 11 is 7.34. The third-order valence-electron chi connectivity index (χ3n) is 4.24. The number of thioether (sulfide) groups is 1. The van der Waals surface area contributed by atoms with Gasteiger partial charge in [-0.1, -0.05) is 35.5 Å². The smallest absolute Gasteiger partial charge is 0.230 e. The van der Waals surface area contributed by atoms with Crippen molar-refractivity contribution in [1.29, 1.82) is 0 Å². The van der Waals surface area contributed by atoms with E-state index < -0.39 is 0 Å². The van der Waals surface area contributed by atoms with Crippen LogP contribution in [0.3, 0.4) is 0 Å². The zero-order valence-corrected chi connectivity index (χ0v) is 15.7. The molecule has 25 heavy (non-hydrogen) atoms. The van der Waals surface area contributed by atoms with Gasteiger partial charge in [0.1, 0.15) is 5.82 Å². The van der Waals surface area contributed by atoms with Gasteiger partial charge in [-0.25, -0.2) is 4.98 Å². The molecule has 1 atom stereocenters. The third kappa shape index (κ3) is 5.20. The Morgan fingerprint density at radius 3 is 2.72 bits per heavy atom. The largest absolute Gasteiger partial charge is 0.353 e. The van der Waals surface area contributed by atoms with Crippen LogP contribution in [-0.2, 0) is 4.79 Å². The van der Waals surface area contributed by atoms with Crippen LogP contribution in [-0.4, -0.2) is 51.4 Å². The standard InChI is InChI=1S/C17H22ClN5OS/c1-12-20-17(22-21-12)25-11-16(24)19-10-15(23-8-2-3-9-23)13-4-6-14(18)7-5-13/h4-7,15H,2-3,8-11H2,1H3,(H,19,24)(H,20,21,22)/t15-/m1/s1. The van der Waals surface area contributed by atoms with Gasteiger partial charge < -0.3 is 5.32 Å². The number of benzene rings is 1. The van der Waals surface area contributed by atoms with Crippen LogP contribution in [0.25, 0.3) is 0 Å². The average molecular weight is 380 g/mol. The second kappa shape index (κ2) is 8.69. The van der Waals surface area contributed by atoms with Gasteiger partial charge in [0, 0.05) is 11.6 Å². The normalized spacial score (nSPS) is 16.1. The van der Waals surface area contributed by atoms with Crippen LogP contribution in [0.1, 0.15) is 30.3 Å². The quantitative estimate of drug-likeness (QED) is 0.723. The Bertz CT molecular complexity index is 699. The summed E-state index contributed by atoms with van der Waals surface area (Å²) in [5.74, 6) is 1.05. The Morgan fingerprint density at radius 2 is 2.08 bits per heavy atom. The van der Waals surface area contributed by atoms with E-state index in [1.807, 2.05) is 31.2 Å². The van der Waals surface area contributed by atoms with Crippen molar-refractivity contribution in [3.05, 3.63) is 40.7 Å². The first kappa shape index (κ1) is 18.2. The zero-order valence-electron chi connectivity index (χ0n) is 14.2. The van der Waals surface area contributed by atoms with Crippen molar-refractivity contribution in [3.8, 4) is 0 Å². The number of rotatable bonds is 7. The molecule has 134 valence electrons. The monoisotopic (exact) mass is 379 g/mol. The van der Waals surface area contributed by atoms with Gasteiger partial charge in [0.2, 0.25) is 11.1 Å². The van der Waals surface area contributed by atoms with Gasteiger partial charge in [-0.2, -0.15) is 0 Å². The number of halogens is 1. The van der Waals surface area contributed by atoms with E-state index in [-0.39, 0.29) is 11.9 Å². The van der Waals surface area contributed by atoms with Gasteiger partial charge in [0.25, 0.3) is 0 Å². The number of hydrogen-bond donors (Lipinski definition) is 2. The lowest BCUT2D eigenvalue weighted by Crippen LogP contribution is -2.37. The zero-order chi connectivity index (χ0) is 17.6. The first-order valence-electron chi connectivity index (χ1n) is 8.40. The van der Waals surface area contributed by atoms with Crippen LogP contribution >= 0.6 is 23.4 Å². The molecule has 0 spiro atoms. The highest BCUT2D eigenvalue weighted by Crippen LogP contribution is 2.25. The summed E-state index contributed by atoms with van der Waals surface area (Å²) in [5.41, 5.74) is 1.18. The highest BCUT2D eigenvalue weighted by atomic mass is 35.5. The molecule has 2 N–H and O–H groups in total. The second-order valence-electron chi connectivity index (χ2n) is 6.11. The van der Waals surface area contributed by atoms with Gasteiger partial charge >= 0.3 is 0 Å². The molecule has 2 heterocycles. The number of aryl methyl sites for hydroxylation is 1. The predicted octanol–water partition coefficient (Wildman–Crippen LogP) is 2.81. The molecular weight excluding hydrogens is 358 g/mol. The number of likely N-dealkylation sites (tertiary alicyclic amines) is 1. The highest BCUT2D eigenvalue weighted by molar-refractivity contribution is 7.99. The molecule has 0 saturated carbocycles. The summed E-state index contributed by atoms with van der Waals surface area (Å²) in [6.45, 7) is 4.56. The molecular formula is C17H22ClN5OS. The van der Waals surface area contributed by atoms with Gasteiger partial charge in [0.15, 0.2) is 0 Å². The lowest BCUT2D eigenvalue weighted by Gasteiger charge is -2.28. The van der Waals surface area contributed by atoms with Crippen molar-refractivity contribution < 1.29 is 4.79 Å². The van der Waals surface area contributed by atoms with Crippen LogP contribution in [0.2, 0.25) is 5.02 Å². The first-order chi connectivity index (χ1) is 12.1. The molecule has 1 aliphatic rings. The number of H-pyrrole nitrogens is 1. The second-order valence-corrected chi connectivity index (χ2v) is 7.49. The SMILES string of the molecule is Cc1nc(SCC(=O)NC[C@H](c2ccc(Cl)cc2)N2CCCC2)n[nH]1. The lowest BCUT2D eigenvalue weighted by atomic mass is 10.1. The fourth-order valence-corrected chi connectivity index (χ4v) is 3.77. The Morgan fingerprint density at radius 1 is 1.36 bits per heavy atom. The lowest BCUT2D eigenvalue weighted by molar-refractivity contribution is -0.118. The third-order valence-corrected chi connectivity index (χ3v) is 5.34. The van der Waals surface area contributed by atoms with Crippen LogP contribution in [0, 0.1) is 6.92 Å². The van der Waals surface area contributed by atoms with Crippen LogP contribution in [0.5, 0.6) is 0 Å². The first-order valence-corrected chi connectivity index (χ1v) is 9.76. The van der Waals surface area contributed by atoms with Crippen molar-refractivity contribution in [1.82, 2.24) is 25.4 Å². The Hall–Kier alpha value is -1.57. The molecule has 1 fully saturated rings. The molecule has 2 aromatic rings. The van der Waals surface area contributed by atoms with Gasteiger partial charge in [0.05, 0.1) is 11.8 Å². The number of nitrogens with one attached hydrogen (secondary N) is 2. The summed E-state index contributed by atoms with van der Waals surface area (Å²) < 4.78 is 0. The number of amides is 1. The molecule has 1 amide bonds. The highest BCUT2D eigenvalue weighted by Gasteiger charge is 2.24. The number of nitrogens with zero attached hydrogens (tertiary/aromatic N) is 3. The topological polar surface area (TPSA) is 73.9 Å². The van der Waals surface area contributed by atoms with Gasteiger partial charge in [-0.15, -0.1) is 5.10 Å². The van der Waals surface area contributed by atoms with Crippen LogP contribution in [0.15, 0.2) is 29.4 Å². The number of carbonyl (C=O) groups is 1. The van der Waals surface area contributed by atoms with Gasteiger partial charge in [-0.05, 0) is 50.6 Å². The van der Waals surface area contributed by atoms with Crippen molar-refractivity contribution >= 4 is 29.3 Å². The molecule has 0 unspecified atom stereocenters. The number of aromatic amines is 1. The predicted molar refractivity (Wildman–Crippen MR) is 99.9 cm³/mol. The van der Waals surface area contributed by atoms with Crippen molar-refractivity contribution in [2.24, 2.45) is 0 Å². The maximum absolute atomic E-state index is 12.2. The molecule has 0 bridgehead atoms. The van der Waals surface area contributed by atoms with E-state index >= 15 is 0 Å². The van der Waals surface area contributed by atoms with Crippen LogP contribution in [0.4, 0.5) is 0 Å². The van der Waals surface area contributed by atoms with Crippen molar-refractivity contribution in [3.63, 3.8) is 0 Å². The van der Waals surface area contributed by atoms with Gasteiger partial charge in [-0.3, -0.25) is 14.8 Å². The summed E-state index contributed by atoms with van der Waals surface area (Å²) in [5, 5.41) is 11.2. The minimum absolute atomic E-state index is 0.00869. The minimum Gasteiger partial charge on any atom is -0.353 e. The Kier molecular flexibility index (Phi) is 6.34.